The predicted octanol–water partition coefficient (Wildman–Crippen LogP) is 1.13. The van der Waals surface area contributed by atoms with Crippen LogP contribution in [-0.2, 0) is 21.5 Å². The number of hydrogen-bond donors (Lipinski definition) is 0. The van der Waals surface area contributed by atoms with Crippen molar-refractivity contribution in [3.8, 4) is 0 Å². The summed E-state index contributed by atoms with van der Waals surface area (Å²) < 4.78 is 32.1. The molecule has 0 aromatic heterocycles. The van der Waals surface area contributed by atoms with Crippen LogP contribution in [-0.4, -0.2) is 40.5 Å². The molecule has 14 heavy (non-hydrogen) atoms. The number of hydrogen-bond acceptors (Lipinski definition) is 5. The highest BCUT2D eigenvalue weighted by Gasteiger charge is 2.35. The summed E-state index contributed by atoms with van der Waals surface area (Å²) in [4.78, 5) is 0. The Morgan fingerprint density at radius 3 is 1.36 bits per heavy atom. The molecule has 0 bridgehead atoms. The van der Waals surface area contributed by atoms with E-state index < -0.39 is 26.3 Å². The van der Waals surface area contributed by atoms with Gasteiger partial charge in [-0.15, -0.1) is 0 Å². The van der Waals surface area contributed by atoms with Crippen molar-refractivity contribution in [3.05, 3.63) is 0 Å². The van der Waals surface area contributed by atoms with E-state index in [4.69, 9.17) is 17.1 Å². The van der Waals surface area contributed by atoms with E-state index in [9.17, 15) is 4.46 Å². The summed E-state index contributed by atoms with van der Waals surface area (Å²) in [6, 6.07) is 0. The van der Waals surface area contributed by atoms with Gasteiger partial charge in [0.1, 0.15) is 0 Å². The first-order valence-corrected chi connectivity index (χ1v) is 11.1. The highest BCUT2D eigenvalue weighted by Crippen LogP contribution is 2.09. The lowest BCUT2D eigenvalue weighted by Gasteiger charge is -2.24. The van der Waals surface area contributed by atoms with Crippen LogP contribution in [0.15, 0.2) is 0 Å². The molecule has 0 aliphatic rings. The van der Waals surface area contributed by atoms with E-state index in [-0.39, 0.29) is 0 Å². The maximum Gasteiger partial charge on any atom is 0.739 e. The van der Waals surface area contributed by atoms with Crippen LogP contribution in [0.2, 0.25) is 26.2 Å². The first-order valence-electron chi connectivity index (χ1n) is 4.25. The van der Waals surface area contributed by atoms with E-state index in [1.54, 1.807) is 40.4 Å². The van der Waals surface area contributed by atoms with E-state index in [0.717, 1.165) is 0 Å². The van der Waals surface area contributed by atoms with Crippen LogP contribution in [0.1, 0.15) is 0 Å². The summed E-state index contributed by atoms with van der Waals surface area (Å²) in [5.41, 5.74) is 0. The second-order valence-electron chi connectivity index (χ2n) is 3.66. The van der Waals surface area contributed by atoms with Gasteiger partial charge in [-0.1, -0.05) is 0 Å². The summed E-state index contributed by atoms with van der Waals surface area (Å²) in [5, 5.41) is 0. The molecule has 0 atom stereocenters. The third kappa shape index (κ3) is 5.65. The van der Waals surface area contributed by atoms with Crippen molar-refractivity contribution in [1.29, 1.82) is 0 Å². The topological polar surface area (TPSA) is 54.0 Å². The van der Waals surface area contributed by atoms with Gasteiger partial charge >= 0.3 is 26.3 Å². The van der Waals surface area contributed by atoms with Crippen LogP contribution >= 0.6 is 0 Å². The van der Waals surface area contributed by atoms with E-state index in [1.165, 1.54) is 0 Å². The first-order chi connectivity index (χ1) is 6.22. The normalized spacial score (nSPS) is 12.4. The fourth-order valence-corrected chi connectivity index (χ4v) is 4.92. The molecule has 0 heterocycles. The third-order valence-electron chi connectivity index (χ3n) is 1.64. The molecule has 0 aliphatic carbocycles. The quantitative estimate of drug-likeness (QED) is 0.665. The maximum absolute atomic E-state index is 11.4. The van der Waals surface area contributed by atoms with Crippen LogP contribution in [0.4, 0.5) is 0 Å². The van der Waals surface area contributed by atoms with Crippen molar-refractivity contribution >= 4 is 26.3 Å². The highest BCUT2D eigenvalue weighted by atomic mass is 28.5. The first kappa shape index (κ1) is 14.0. The molecular weight excluding hydrogens is 236 g/mol. The van der Waals surface area contributed by atoms with Gasteiger partial charge in [-0.05, 0) is 26.2 Å². The number of rotatable bonds is 6. The minimum absolute atomic E-state index is 1.54. The zero-order valence-electron chi connectivity index (χ0n) is 9.54. The average Bonchev–Trinajstić information content (AvgIpc) is 2.02. The minimum atomic E-state index is -2.50. The highest BCUT2D eigenvalue weighted by molar-refractivity contribution is 6.73. The summed E-state index contributed by atoms with van der Waals surface area (Å²) in [6.45, 7) is 7.22. The van der Waals surface area contributed by atoms with Crippen molar-refractivity contribution in [1.82, 2.24) is 0 Å². The van der Waals surface area contributed by atoms with Crippen LogP contribution < -0.4 is 0 Å². The molecule has 84 valence electrons. The molecule has 0 aliphatic heterocycles. The zero-order valence-corrected chi connectivity index (χ0v) is 12.5. The second-order valence-corrected chi connectivity index (χ2v) is 12.2. The molecule has 8 heteroatoms. The van der Waals surface area contributed by atoms with Crippen LogP contribution in [0, 0.1) is 0 Å². The summed E-state index contributed by atoms with van der Waals surface area (Å²) in [6.07, 6.45) is 0. The lowest BCUT2D eigenvalue weighted by molar-refractivity contribution is 0.236. The molecule has 0 unspecified atom stereocenters. The molecule has 0 radical (unpaired) electrons. The third-order valence-corrected chi connectivity index (χ3v) is 8.87. The van der Waals surface area contributed by atoms with Gasteiger partial charge in [0, 0.05) is 14.2 Å². The maximum atomic E-state index is 11.4. The lowest BCUT2D eigenvalue weighted by atomic mass is 11.8. The molecule has 0 rings (SSSR count). The predicted molar refractivity (Wildman–Crippen MR) is 57.6 cm³/mol. The van der Waals surface area contributed by atoms with E-state index in [2.05, 4.69) is 0 Å². The van der Waals surface area contributed by atoms with E-state index >= 15 is 0 Å². The molecule has 0 amide bonds. The average molecular weight is 254 g/mol. The molecule has 0 saturated heterocycles. The second kappa shape index (κ2) is 5.16. The van der Waals surface area contributed by atoms with Gasteiger partial charge in [0.15, 0.2) is 0 Å². The molecule has 0 N–H and O–H groups in total. The Morgan fingerprint density at radius 2 is 1.14 bits per heavy atom. The Hall–Kier alpha value is -0.0294. The fourth-order valence-electron chi connectivity index (χ4n) is 0.506. The molecule has 0 fully saturated rings. The van der Waals surface area contributed by atoms with Gasteiger partial charge in [0.25, 0.3) is 0 Å². The van der Waals surface area contributed by atoms with Gasteiger partial charge < -0.3 is 17.1 Å². The summed E-state index contributed by atoms with van der Waals surface area (Å²) in [5.74, 6) is 0. The SMILES string of the molecule is CO[Si](C)(C)O[Si](=O)O[Si](C)(C)OC. The smallest absolute Gasteiger partial charge is 0.531 e. The molecule has 5 nitrogen and oxygen atoms in total. The Balaban J connectivity index is 4.12. The van der Waals surface area contributed by atoms with Gasteiger partial charge in [-0.25, -0.2) is 0 Å². The molecule has 0 aromatic rings. The Bertz CT molecular complexity index is 186. The van der Waals surface area contributed by atoms with E-state index in [0.29, 0.717) is 0 Å². The Labute approximate surface area is 88.7 Å². The monoisotopic (exact) mass is 254 g/mol. The van der Waals surface area contributed by atoms with Crippen molar-refractivity contribution < 1.29 is 21.5 Å². The molecule has 0 aromatic carbocycles. The molecular formula is C6H18O5Si3. The van der Waals surface area contributed by atoms with Gasteiger partial charge in [0.05, 0.1) is 0 Å². The lowest BCUT2D eigenvalue weighted by Crippen LogP contribution is -2.44. The Kier molecular flexibility index (Phi) is 5.15. The van der Waals surface area contributed by atoms with Crippen molar-refractivity contribution in [2.75, 3.05) is 14.2 Å². The standard InChI is InChI=1S/C6H18O5Si3/c1-8-13(3,4)10-12(7)11-14(5,6)9-2/h1-6H3. The van der Waals surface area contributed by atoms with Gasteiger partial charge in [-0.2, -0.15) is 0 Å². The van der Waals surface area contributed by atoms with Crippen LogP contribution in [0.5, 0.6) is 0 Å². The molecule has 0 saturated carbocycles. The Morgan fingerprint density at radius 1 is 0.857 bits per heavy atom. The summed E-state index contributed by atoms with van der Waals surface area (Å²) >= 11 is 0. The van der Waals surface area contributed by atoms with Crippen molar-refractivity contribution in [2.45, 2.75) is 26.2 Å². The molecule has 0 spiro atoms. The summed E-state index contributed by atoms with van der Waals surface area (Å²) in [7, 11) is -3.98. The van der Waals surface area contributed by atoms with Gasteiger partial charge in [-0.3, -0.25) is 4.46 Å². The van der Waals surface area contributed by atoms with Gasteiger partial charge in [0.2, 0.25) is 0 Å². The minimum Gasteiger partial charge on any atom is -0.531 e. The van der Waals surface area contributed by atoms with Crippen molar-refractivity contribution in [2.24, 2.45) is 0 Å². The van der Waals surface area contributed by atoms with Crippen molar-refractivity contribution in [3.63, 3.8) is 0 Å². The zero-order chi connectivity index (χ0) is 11.4. The van der Waals surface area contributed by atoms with Crippen LogP contribution in [0.25, 0.3) is 0 Å². The van der Waals surface area contributed by atoms with Crippen LogP contribution in [0.3, 0.4) is 0 Å². The largest absolute Gasteiger partial charge is 0.739 e. The fraction of sp³-hybridized carbons (Fsp3) is 1.00. The van der Waals surface area contributed by atoms with E-state index in [1.807, 2.05) is 0 Å².